The molecule has 3 aromatic heterocycles. The summed E-state index contributed by atoms with van der Waals surface area (Å²) in [7, 11) is 0. The van der Waals surface area contributed by atoms with E-state index in [1.165, 1.54) is 11.8 Å². The van der Waals surface area contributed by atoms with Crippen LogP contribution in [0, 0.1) is 12.3 Å². The first-order chi connectivity index (χ1) is 22.3. The fraction of sp³-hybridized carbons (Fsp3) is 0.455. The smallest absolute Gasteiger partial charge is 0.253 e. The Morgan fingerprint density at radius 3 is 2.54 bits per heavy atom. The molecule has 0 unspecified atom stereocenters. The average Bonchev–Trinajstić information content (AvgIpc) is 3.65. The summed E-state index contributed by atoms with van der Waals surface area (Å²) in [6, 6.07) is 9.54. The van der Waals surface area contributed by atoms with Crippen LogP contribution in [-0.2, 0) is 11.3 Å². The van der Waals surface area contributed by atoms with E-state index >= 15 is 0 Å². The van der Waals surface area contributed by atoms with Crippen LogP contribution in [0.1, 0.15) is 41.5 Å². The molecule has 46 heavy (non-hydrogen) atoms. The van der Waals surface area contributed by atoms with E-state index in [1.807, 2.05) is 65.9 Å². The van der Waals surface area contributed by atoms with E-state index in [9.17, 15) is 9.90 Å². The Balaban J connectivity index is 1.08. The lowest BCUT2D eigenvalue weighted by molar-refractivity contribution is 0.0736. The van der Waals surface area contributed by atoms with Crippen LogP contribution in [0.4, 0.5) is 5.82 Å². The number of aliphatic hydroxyl groups excluding tert-OH is 1. The number of halogens is 1. The minimum atomic E-state index is -0.215. The number of anilines is 1. The lowest BCUT2D eigenvalue weighted by Gasteiger charge is -2.42. The highest BCUT2D eigenvalue weighted by atomic mass is 35.5. The van der Waals surface area contributed by atoms with Crippen LogP contribution in [0.3, 0.4) is 0 Å². The number of fused-ring (bicyclic) bond motifs is 1. The third kappa shape index (κ3) is 5.75. The molecule has 242 valence electrons. The van der Waals surface area contributed by atoms with Gasteiger partial charge in [0.05, 0.1) is 35.7 Å². The molecule has 7 rings (SSSR count). The number of rotatable bonds is 6. The Morgan fingerprint density at radius 2 is 1.87 bits per heavy atom. The van der Waals surface area contributed by atoms with Crippen LogP contribution in [0.5, 0.6) is 0 Å². The Morgan fingerprint density at radius 1 is 1.13 bits per heavy atom. The van der Waals surface area contributed by atoms with Gasteiger partial charge >= 0.3 is 0 Å². The molecule has 1 aromatic carbocycles. The molecule has 0 saturated carbocycles. The van der Waals surface area contributed by atoms with E-state index in [1.54, 1.807) is 0 Å². The monoisotopic (exact) mass is 662 g/mol. The quantitative estimate of drug-likeness (QED) is 0.280. The summed E-state index contributed by atoms with van der Waals surface area (Å²) < 4.78 is 7.78. The second-order valence-electron chi connectivity index (χ2n) is 12.5. The minimum absolute atomic E-state index is 0.00308. The lowest BCUT2D eigenvalue weighted by Crippen LogP contribution is -2.51. The second kappa shape index (κ2) is 12.7. The number of nitrogens with one attached hydrogen (secondary N) is 1. The van der Waals surface area contributed by atoms with Gasteiger partial charge in [-0.3, -0.25) is 4.79 Å². The van der Waals surface area contributed by atoms with Gasteiger partial charge < -0.3 is 35.1 Å². The number of piperidine rings is 1. The fourth-order valence-electron chi connectivity index (χ4n) is 6.77. The zero-order valence-electron chi connectivity index (χ0n) is 26.1. The molecule has 1 amide bonds. The maximum Gasteiger partial charge on any atom is 0.253 e. The van der Waals surface area contributed by atoms with Crippen molar-refractivity contribution in [3.05, 3.63) is 64.7 Å². The molecule has 3 aliphatic heterocycles. The first-order valence-electron chi connectivity index (χ1n) is 15.8. The first-order valence-corrected chi connectivity index (χ1v) is 17.0. The highest BCUT2D eigenvalue weighted by Crippen LogP contribution is 2.43. The zero-order chi connectivity index (χ0) is 32.0. The molecular weight excluding hydrogens is 624 g/mol. The summed E-state index contributed by atoms with van der Waals surface area (Å²) in [5.74, 6) is 0.770. The van der Waals surface area contributed by atoms with Crippen molar-refractivity contribution in [2.24, 2.45) is 11.1 Å². The Bertz CT molecular complexity index is 1750. The topological polar surface area (TPSA) is 134 Å². The number of nitrogens with two attached hydrogens (primary N) is 1. The van der Waals surface area contributed by atoms with Crippen molar-refractivity contribution in [3.63, 3.8) is 0 Å². The molecule has 0 bridgehead atoms. The average molecular weight is 663 g/mol. The van der Waals surface area contributed by atoms with Crippen molar-refractivity contribution in [1.29, 1.82) is 0 Å². The molecule has 1 spiro atoms. The fourth-order valence-corrected chi connectivity index (χ4v) is 7.96. The number of imidazole rings is 1. The number of amides is 1. The number of aryl methyl sites for hydroxylation is 1. The summed E-state index contributed by atoms with van der Waals surface area (Å²) in [5, 5.41) is 14.8. The number of carbonyl (C=O) groups excluding carboxylic acids is 1. The SMILES string of the molecule is Cc1nc(N2CCC3(CC2)CO[C@@H](C)[C@H]3N)c(CO)nc1Sc1ccn2cc(-c3ccc(C(=O)N4CCNCC4)cc3)nc2c1Cl. The largest absolute Gasteiger partial charge is 0.390 e. The maximum absolute atomic E-state index is 12.9. The number of ether oxygens (including phenoxy) is 1. The highest BCUT2D eigenvalue weighted by Gasteiger charge is 2.47. The molecule has 13 heteroatoms. The predicted octanol–water partition coefficient (Wildman–Crippen LogP) is 3.77. The Kier molecular flexibility index (Phi) is 8.68. The van der Waals surface area contributed by atoms with Crippen molar-refractivity contribution in [1.82, 2.24) is 29.6 Å². The Labute approximate surface area is 277 Å². The van der Waals surface area contributed by atoms with Crippen molar-refractivity contribution in [3.8, 4) is 11.3 Å². The number of nitrogens with zero attached hydrogens (tertiary/aromatic N) is 6. The van der Waals surface area contributed by atoms with Gasteiger partial charge in [-0.05, 0) is 44.9 Å². The van der Waals surface area contributed by atoms with Gasteiger partial charge in [-0.1, -0.05) is 35.5 Å². The number of aromatic nitrogens is 4. The van der Waals surface area contributed by atoms with Gasteiger partial charge in [0.25, 0.3) is 5.91 Å². The lowest BCUT2D eigenvalue weighted by atomic mass is 9.73. The predicted molar refractivity (Wildman–Crippen MR) is 178 cm³/mol. The number of hydrogen-bond donors (Lipinski definition) is 3. The summed E-state index contributed by atoms with van der Waals surface area (Å²) in [6.45, 7) is 9.11. The normalized spacial score (nSPS) is 21.4. The summed E-state index contributed by atoms with van der Waals surface area (Å²) in [5.41, 5.74) is 10.8. The van der Waals surface area contributed by atoms with Crippen LogP contribution < -0.4 is 16.0 Å². The Hall–Kier alpha value is -3.26. The third-order valence-electron chi connectivity index (χ3n) is 9.70. The van der Waals surface area contributed by atoms with Crippen LogP contribution in [-0.4, -0.2) is 93.3 Å². The zero-order valence-corrected chi connectivity index (χ0v) is 27.7. The maximum atomic E-state index is 12.9. The number of aliphatic hydroxyl groups is 1. The summed E-state index contributed by atoms with van der Waals surface area (Å²) in [4.78, 5) is 32.4. The van der Waals surface area contributed by atoms with E-state index in [0.717, 1.165) is 66.7 Å². The van der Waals surface area contributed by atoms with Crippen LogP contribution in [0.15, 0.2) is 52.6 Å². The molecule has 3 aliphatic rings. The van der Waals surface area contributed by atoms with Gasteiger partial charge in [0.1, 0.15) is 10.7 Å². The van der Waals surface area contributed by atoms with Gasteiger partial charge in [0.2, 0.25) is 0 Å². The van der Waals surface area contributed by atoms with Gasteiger partial charge in [-0.25, -0.2) is 15.0 Å². The second-order valence-corrected chi connectivity index (χ2v) is 13.9. The molecule has 0 aliphatic carbocycles. The van der Waals surface area contributed by atoms with Crippen LogP contribution >= 0.6 is 23.4 Å². The molecule has 11 nitrogen and oxygen atoms in total. The van der Waals surface area contributed by atoms with Crippen LogP contribution in [0.25, 0.3) is 16.9 Å². The third-order valence-corrected chi connectivity index (χ3v) is 11.3. The van der Waals surface area contributed by atoms with Crippen LogP contribution in [0.2, 0.25) is 5.02 Å². The number of benzene rings is 1. The highest BCUT2D eigenvalue weighted by molar-refractivity contribution is 7.99. The van der Waals surface area contributed by atoms with Crippen molar-refractivity contribution < 1.29 is 14.6 Å². The van der Waals surface area contributed by atoms with Gasteiger partial charge in [-0.2, -0.15) is 0 Å². The van der Waals surface area contributed by atoms with E-state index in [4.69, 9.17) is 37.0 Å². The number of pyridine rings is 1. The van der Waals surface area contributed by atoms with Gasteiger partial charge in [0, 0.05) is 79.1 Å². The summed E-state index contributed by atoms with van der Waals surface area (Å²) in [6.07, 6.45) is 5.76. The molecule has 6 heterocycles. The molecule has 3 saturated heterocycles. The van der Waals surface area contributed by atoms with E-state index in [2.05, 4.69) is 10.2 Å². The molecule has 4 aromatic rings. The number of piperazine rings is 1. The molecule has 3 fully saturated rings. The van der Waals surface area contributed by atoms with E-state index < -0.39 is 0 Å². The van der Waals surface area contributed by atoms with E-state index in [-0.39, 0.29) is 30.1 Å². The molecule has 0 radical (unpaired) electrons. The number of hydrogen-bond acceptors (Lipinski definition) is 10. The molecule has 4 N–H and O–H groups in total. The summed E-state index contributed by atoms with van der Waals surface area (Å²) >= 11 is 8.33. The minimum Gasteiger partial charge on any atom is -0.390 e. The van der Waals surface area contributed by atoms with Gasteiger partial charge in [0.15, 0.2) is 11.5 Å². The van der Waals surface area contributed by atoms with Gasteiger partial charge in [-0.15, -0.1) is 0 Å². The van der Waals surface area contributed by atoms with Crippen molar-refractivity contribution in [2.75, 3.05) is 50.8 Å². The van der Waals surface area contributed by atoms with E-state index in [0.29, 0.717) is 46.6 Å². The molecular formula is C33H39ClN8O3S. The molecule has 2 atom stereocenters. The first kappa shape index (κ1) is 31.3. The number of carbonyl (C=O) groups is 1. The van der Waals surface area contributed by atoms with Crippen molar-refractivity contribution in [2.45, 2.75) is 55.4 Å². The van der Waals surface area contributed by atoms with Crippen molar-refractivity contribution >= 4 is 40.7 Å². The standard InChI is InChI=1S/C33H39ClN8O3S/c1-20-31(39-25(18-43)29(37-20)40-13-8-33(9-14-40)19-45-21(2)28(33)35)46-26-7-12-42-17-24(38-30(42)27(26)34)22-3-5-23(6-4-22)32(44)41-15-10-36-11-16-41/h3-7,12,17,21,28,36,43H,8-11,13-16,18-19,35H2,1-2H3/t21-,28+/m0/s1.